The standard InChI is InChI=1S/C18H17N5OS/c1-12-16(21-20-14-9-6-10-15(11-14)24-2)17(22-23(12)18(19)25)13-7-4-3-5-8-13/h3-11H,1-2H3,(H2,19,25). The summed E-state index contributed by atoms with van der Waals surface area (Å²) in [6, 6.07) is 17.1. The molecule has 0 aliphatic carbocycles. The zero-order chi connectivity index (χ0) is 17.8. The van der Waals surface area contributed by atoms with E-state index in [1.54, 1.807) is 13.2 Å². The van der Waals surface area contributed by atoms with Crippen molar-refractivity contribution in [1.82, 2.24) is 9.78 Å². The Bertz CT molecular complexity index is 934. The highest BCUT2D eigenvalue weighted by Gasteiger charge is 2.17. The summed E-state index contributed by atoms with van der Waals surface area (Å²) in [6.07, 6.45) is 0. The highest BCUT2D eigenvalue weighted by molar-refractivity contribution is 7.80. The molecule has 0 fully saturated rings. The van der Waals surface area contributed by atoms with E-state index >= 15 is 0 Å². The van der Waals surface area contributed by atoms with E-state index in [1.165, 1.54) is 4.68 Å². The van der Waals surface area contributed by atoms with Crippen molar-refractivity contribution in [2.45, 2.75) is 6.92 Å². The first-order valence-electron chi connectivity index (χ1n) is 7.61. The second-order valence-electron chi connectivity index (χ2n) is 5.30. The largest absolute Gasteiger partial charge is 0.497 e. The number of azo groups is 1. The lowest BCUT2D eigenvalue weighted by atomic mass is 10.1. The molecule has 0 saturated carbocycles. The molecule has 2 N–H and O–H groups in total. The van der Waals surface area contributed by atoms with Crippen LogP contribution in [-0.4, -0.2) is 22.0 Å². The quantitative estimate of drug-likeness (QED) is 0.559. The molecule has 3 aromatic rings. The van der Waals surface area contributed by atoms with Gasteiger partial charge in [-0.1, -0.05) is 36.4 Å². The zero-order valence-corrected chi connectivity index (χ0v) is 14.7. The predicted octanol–water partition coefficient (Wildman–Crippen LogP) is 4.37. The molecule has 0 spiro atoms. The lowest BCUT2D eigenvalue weighted by Crippen LogP contribution is -2.21. The van der Waals surface area contributed by atoms with Crippen LogP contribution in [0.2, 0.25) is 0 Å². The number of hydrogen-bond donors (Lipinski definition) is 1. The molecule has 1 heterocycles. The van der Waals surface area contributed by atoms with Crippen LogP contribution in [-0.2, 0) is 0 Å². The molecule has 2 aromatic carbocycles. The van der Waals surface area contributed by atoms with Gasteiger partial charge in [-0.25, -0.2) is 4.68 Å². The van der Waals surface area contributed by atoms with Crippen LogP contribution in [0.4, 0.5) is 11.4 Å². The van der Waals surface area contributed by atoms with Crippen LogP contribution < -0.4 is 10.5 Å². The summed E-state index contributed by atoms with van der Waals surface area (Å²) in [7, 11) is 1.61. The van der Waals surface area contributed by atoms with Gasteiger partial charge in [0.1, 0.15) is 17.1 Å². The Hall–Kier alpha value is -3.06. The van der Waals surface area contributed by atoms with E-state index in [1.807, 2.05) is 55.5 Å². The number of ether oxygens (including phenoxy) is 1. The third-order valence-electron chi connectivity index (χ3n) is 3.66. The molecular weight excluding hydrogens is 334 g/mol. The van der Waals surface area contributed by atoms with Crippen LogP contribution in [0.3, 0.4) is 0 Å². The highest BCUT2D eigenvalue weighted by Crippen LogP contribution is 2.34. The molecule has 0 bridgehead atoms. The van der Waals surface area contributed by atoms with E-state index in [-0.39, 0.29) is 5.11 Å². The molecule has 0 aliphatic heterocycles. The Labute approximate surface area is 151 Å². The Morgan fingerprint density at radius 2 is 1.88 bits per heavy atom. The zero-order valence-electron chi connectivity index (χ0n) is 13.9. The van der Waals surface area contributed by atoms with Gasteiger partial charge in [-0.2, -0.15) is 10.2 Å². The fourth-order valence-electron chi connectivity index (χ4n) is 2.40. The van der Waals surface area contributed by atoms with Gasteiger partial charge in [-0.3, -0.25) is 0 Å². The van der Waals surface area contributed by atoms with Gasteiger partial charge in [-0.15, -0.1) is 5.11 Å². The Morgan fingerprint density at radius 1 is 1.12 bits per heavy atom. The van der Waals surface area contributed by atoms with Crippen LogP contribution in [0.5, 0.6) is 5.75 Å². The molecule has 0 radical (unpaired) electrons. The molecule has 0 atom stereocenters. The molecule has 0 aliphatic rings. The molecule has 3 rings (SSSR count). The van der Waals surface area contributed by atoms with Gasteiger partial charge < -0.3 is 10.5 Å². The Morgan fingerprint density at radius 3 is 2.56 bits per heavy atom. The van der Waals surface area contributed by atoms with E-state index in [0.717, 1.165) is 17.0 Å². The molecule has 7 heteroatoms. The molecule has 0 saturated heterocycles. The second-order valence-corrected chi connectivity index (χ2v) is 5.72. The van der Waals surface area contributed by atoms with Crippen molar-refractivity contribution in [3.63, 3.8) is 0 Å². The predicted molar refractivity (Wildman–Crippen MR) is 102 cm³/mol. The number of hydrogen-bond acceptors (Lipinski definition) is 5. The summed E-state index contributed by atoms with van der Waals surface area (Å²) in [5.74, 6) is 0.718. The maximum atomic E-state index is 5.76. The maximum Gasteiger partial charge on any atom is 0.191 e. The minimum Gasteiger partial charge on any atom is -0.497 e. The lowest BCUT2D eigenvalue weighted by molar-refractivity contribution is 0.415. The van der Waals surface area contributed by atoms with Crippen LogP contribution >= 0.6 is 12.2 Å². The van der Waals surface area contributed by atoms with E-state index in [0.29, 0.717) is 17.1 Å². The summed E-state index contributed by atoms with van der Waals surface area (Å²) >= 11 is 5.07. The van der Waals surface area contributed by atoms with Crippen LogP contribution in [0.15, 0.2) is 64.8 Å². The fourth-order valence-corrected chi connectivity index (χ4v) is 2.58. The molecule has 25 heavy (non-hydrogen) atoms. The summed E-state index contributed by atoms with van der Waals surface area (Å²) in [4.78, 5) is 0. The van der Waals surface area contributed by atoms with Crippen LogP contribution in [0, 0.1) is 6.92 Å². The second kappa shape index (κ2) is 7.23. The number of benzene rings is 2. The van der Waals surface area contributed by atoms with Crippen LogP contribution in [0.1, 0.15) is 5.69 Å². The normalized spacial score (nSPS) is 11.0. The number of rotatable bonds is 4. The minimum atomic E-state index is 0.164. The van der Waals surface area contributed by atoms with Gasteiger partial charge in [0, 0.05) is 11.6 Å². The van der Waals surface area contributed by atoms with E-state index < -0.39 is 0 Å². The lowest BCUT2D eigenvalue weighted by Gasteiger charge is -2.00. The molecule has 126 valence electrons. The van der Waals surface area contributed by atoms with Crippen molar-refractivity contribution in [1.29, 1.82) is 0 Å². The smallest absolute Gasteiger partial charge is 0.191 e. The molecule has 1 aromatic heterocycles. The van der Waals surface area contributed by atoms with Crippen molar-refractivity contribution in [3.8, 4) is 17.0 Å². The Balaban J connectivity index is 2.07. The summed E-state index contributed by atoms with van der Waals surface area (Å²) in [6.45, 7) is 1.86. The first kappa shape index (κ1) is 16.8. The molecule has 0 amide bonds. The number of nitrogens with zero attached hydrogens (tertiary/aromatic N) is 4. The van der Waals surface area contributed by atoms with Gasteiger partial charge in [-0.05, 0) is 31.3 Å². The third-order valence-corrected chi connectivity index (χ3v) is 3.83. The topological polar surface area (TPSA) is 77.8 Å². The van der Waals surface area contributed by atoms with Crippen molar-refractivity contribution in [3.05, 3.63) is 60.3 Å². The molecular formula is C18H17N5OS. The first-order valence-corrected chi connectivity index (χ1v) is 8.01. The maximum absolute atomic E-state index is 5.76. The van der Waals surface area contributed by atoms with Crippen molar-refractivity contribution >= 4 is 28.7 Å². The summed E-state index contributed by atoms with van der Waals surface area (Å²) < 4.78 is 6.71. The molecule has 6 nitrogen and oxygen atoms in total. The van der Waals surface area contributed by atoms with Gasteiger partial charge in [0.25, 0.3) is 0 Å². The average molecular weight is 351 g/mol. The number of nitrogens with two attached hydrogens (primary N) is 1. The Kier molecular flexibility index (Phi) is 4.85. The summed E-state index contributed by atoms with van der Waals surface area (Å²) in [5, 5.41) is 13.4. The van der Waals surface area contributed by atoms with E-state index in [9.17, 15) is 0 Å². The number of methoxy groups -OCH3 is 1. The number of aromatic nitrogens is 2. The average Bonchev–Trinajstić information content (AvgIpc) is 2.97. The van der Waals surface area contributed by atoms with E-state index in [4.69, 9.17) is 22.7 Å². The summed E-state index contributed by atoms with van der Waals surface area (Å²) in [5.41, 5.74) is 9.40. The van der Waals surface area contributed by atoms with E-state index in [2.05, 4.69) is 15.3 Å². The molecule has 0 unspecified atom stereocenters. The number of thiocarbonyl (C=S) groups is 1. The van der Waals surface area contributed by atoms with Gasteiger partial charge in [0.15, 0.2) is 5.11 Å². The first-order chi connectivity index (χ1) is 12.1. The van der Waals surface area contributed by atoms with Crippen molar-refractivity contribution in [2.24, 2.45) is 16.0 Å². The van der Waals surface area contributed by atoms with Gasteiger partial charge in [0.2, 0.25) is 0 Å². The monoisotopic (exact) mass is 351 g/mol. The van der Waals surface area contributed by atoms with Gasteiger partial charge in [0.05, 0.1) is 18.5 Å². The van der Waals surface area contributed by atoms with Crippen molar-refractivity contribution < 1.29 is 4.74 Å². The fraction of sp³-hybridized carbons (Fsp3) is 0.111. The minimum absolute atomic E-state index is 0.164. The highest BCUT2D eigenvalue weighted by atomic mass is 32.1. The third kappa shape index (κ3) is 3.56. The van der Waals surface area contributed by atoms with Crippen molar-refractivity contribution in [2.75, 3.05) is 7.11 Å². The van der Waals surface area contributed by atoms with Crippen LogP contribution in [0.25, 0.3) is 11.3 Å². The van der Waals surface area contributed by atoms with Gasteiger partial charge >= 0.3 is 0 Å². The SMILES string of the molecule is COc1cccc(N=Nc2c(-c3ccccc3)nn(C(N)=S)c2C)c1.